The first-order valence-electron chi connectivity index (χ1n) is 10.3. The Labute approximate surface area is 184 Å². The van der Waals surface area contributed by atoms with Crippen LogP contribution in [0.25, 0.3) is 0 Å². The minimum Gasteiger partial charge on any atom is -0.447 e. The second-order valence-electron chi connectivity index (χ2n) is 7.40. The Balaban J connectivity index is 1.93. The summed E-state index contributed by atoms with van der Waals surface area (Å²) >= 11 is 0. The molecule has 2 atom stereocenters. The maximum absolute atomic E-state index is 12.8. The third-order valence-corrected chi connectivity index (χ3v) is 4.68. The number of ketones is 1. The van der Waals surface area contributed by atoms with Crippen LogP contribution in [0.3, 0.4) is 0 Å². The molecule has 1 aromatic rings. The van der Waals surface area contributed by atoms with Gasteiger partial charge in [0.2, 0.25) is 11.7 Å². The second kappa shape index (κ2) is 12.7. The molecule has 1 aromatic heterocycles. The normalized spacial score (nSPS) is 17.4. The summed E-state index contributed by atoms with van der Waals surface area (Å²) in [7, 11) is 1.55. The number of methoxy groups -OCH3 is 1. The van der Waals surface area contributed by atoms with E-state index in [1.54, 1.807) is 21.0 Å². The van der Waals surface area contributed by atoms with Gasteiger partial charge in [-0.2, -0.15) is 0 Å². The number of Topliss-reactive ketones (excluding diaryl/α,β-unsaturated/α-hetero) is 1. The number of amides is 3. The zero-order valence-electron chi connectivity index (χ0n) is 18.3. The Morgan fingerprint density at radius 1 is 1.22 bits per heavy atom. The van der Waals surface area contributed by atoms with Gasteiger partial charge in [0.15, 0.2) is 5.76 Å². The molecule has 0 fully saturated rings. The molecule has 2 rings (SSSR count). The standard InChI is InChI=1S/C19H29N5O8/c1-11(2)15(22-19(28)31-9-8-30-7-6-29-3)17(26)21-12-4-5-14-13(23-24-32-14)10-20-18(27)16(12)25/h11-12,15H,4-10H2,1-3H3,(H,20,27)(H,21,26)(H,22,28). The van der Waals surface area contributed by atoms with Crippen molar-refractivity contribution in [2.24, 2.45) is 5.92 Å². The molecule has 13 heteroatoms. The number of carbonyl (C=O) groups is 4. The lowest BCUT2D eigenvalue weighted by atomic mass is 10.0. The molecule has 178 valence electrons. The van der Waals surface area contributed by atoms with Crippen LogP contribution in [-0.4, -0.2) is 79.7 Å². The molecular formula is C19H29N5O8. The van der Waals surface area contributed by atoms with Crippen molar-refractivity contribution in [2.75, 3.05) is 33.5 Å². The Kier molecular flexibility index (Phi) is 10.0. The number of aromatic nitrogens is 2. The van der Waals surface area contributed by atoms with Crippen molar-refractivity contribution >= 4 is 23.7 Å². The second-order valence-corrected chi connectivity index (χ2v) is 7.40. The van der Waals surface area contributed by atoms with Crippen LogP contribution in [0.15, 0.2) is 4.52 Å². The fourth-order valence-corrected chi connectivity index (χ4v) is 2.91. The number of fused-ring (bicyclic) bond motifs is 1. The van der Waals surface area contributed by atoms with Gasteiger partial charge in [0, 0.05) is 18.8 Å². The number of aryl methyl sites for hydroxylation is 1. The number of alkyl carbamates (subject to hydrolysis) is 1. The molecule has 0 bridgehead atoms. The Hall–Kier alpha value is -3.06. The summed E-state index contributed by atoms with van der Waals surface area (Å²) in [5.74, 6) is -2.16. The fraction of sp³-hybridized carbons (Fsp3) is 0.684. The van der Waals surface area contributed by atoms with Crippen LogP contribution >= 0.6 is 0 Å². The van der Waals surface area contributed by atoms with E-state index in [0.29, 0.717) is 24.7 Å². The number of hydrogen-bond donors (Lipinski definition) is 3. The van der Waals surface area contributed by atoms with Gasteiger partial charge in [-0.15, -0.1) is 5.10 Å². The van der Waals surface area contributed by atoms with Crippen molar-refractivity contribution in [1.29, 1.82) is 0 Å². The van der Waals surface area contributed by atoms with E-state index in [1.165, 1.54) is 0 Å². The van der Waals surface area contributed by atoms with Gasteiger partial charge in [0.05, 0.1) is 32.4 Å². The molecule has 0 aromatic carbocycles. The summed E-state index contributed by atoms with van der Waals surface area (Å²) < 4.78 is 20.1. The highest BCUT2D eigenvalue weighted by molar-refractivity contribution is 6.38. The summed E-state index contributed by atoms with van der Waals surface area (Å²) in [5.41, 5.74) is 0.425. The van der Waals surface area contributed by atoms with Crippen LogP contribution < -0.4 is 16.0 Å². The van der Waals surface area contributed by atoms with Gasteiger partial charge in [-0.3, -0.25) is 14.4 Å². The smallest absolute Gasteiger partial charge is 0.407 e. The predicted molar refractivity (Wildman–Crippen MR) is 107 cm³/mol. The molecule has 0 spiro atoms. The van der Waals surface area contributed by atoms with Gasteiger partial charge in [-0.05, 0) is 12.3 Å². The van der Waals surface area contributed by atoms with E-state index in [-0.39, 0.29) is 38.5 Å². The van der Waals surface area contributed by atoms with Gasteiger partial charge in [-0.1, -0.05) is 13.8 Å². The third-order valence-electron chi connectivity index (χ3n) is 4.68. The van der Waals surface area contributed by atoms with Crippen LogP contribution in [0.1, 0.15) is 31.7 Å². The van der Waals surface area contributed by atoms with Crippen LogP contribution in [-0.2, 0) is 41.6 Å². The monoisotopic (exact) mass is 455 g/mol. The molecule has 0 saturated carbocycles. The van der Waals surface area contributed by atoms with Crippen LogP contribution in [0.4, 0.5) is 4.79 Å². The minimum absolute atomic E-state index is 0.00126. The van der Waals surface area contributed by atoms with Gasteiger partial charge in [-0.25, -0.2) is 4.79 Å². The lowest BCUT2D eigenvalue weighted by Crippen LogP contribution is -2.55. The summed E-state index contributed by atoms with van der Waals surface area (Å²) in [6, 6.07) is -2.09. The fourth-order valence-electron chi connectivity index (χ4n) is 2.91. The molecule has 0 radical (unpaired) electrons. The number of rotatable bonds is 10. The zero-order valence-corrected chi connectivity index (χ0v) is 18.3. The number of nitrogens with zero attached hydrogens (tertiary/aromatic N) is 2. The van der Waals surface area contributed by atoms with Crippen molar-refractivity contribution in [1.82, 2.24) is 26.3 Å². The maximum atomic E-state index is 12.8. The summed E-state index contributed by atoms with van der Waals surface area (Å²) in [4.78, 5) is 49.5. The van der Waals surface area contributed by atoms with Crippen LogP contribution in [0, 0.1) is 5.92 Å². The lowest BCUT2D eigenvalue weighted by Gasteiger charge is -2.24. The summed E-state index contributed by atoms with van der Waals surface area (Å²) in [6.07, 6.45) is -0.445. The Morgan fingerprint density at radius 2 is 1.97 bits per heavy atom. The molecule has 32 heavy (non-hydrogen) atoms. The minimum atomic E-state index is -1.10. The average Bonchev–Trinajstić information content (AvgIpc) is 3.22. The largest absolute Gasteiger partial charge is 0.447 e. The topological polar surface area (TPSA) is 171 Å². The predicted octanol–water partition coefficient (Wildman–Crippen LogP) is -0.900. The van der Waals surface area contributed by atoms with E-state index < -0.39 is 35.8 Å². The third kappa shape index (κ3) is 7.57. The van der Waals surface area contributed by atoms with E-state index >= 15 is 0 Å². The van der Waals surface area contributed by atoms with Crippen molar-refractivity contribution in [3.05, 3.63) is 11.5 Å². The molecule has 2 unspecified atom stereocenters. The van der Waals surface area contributed by atoms with Gasteiger partial charge >= 0.3 is 6.09 Å². The quantitative estimate of drug-likeness (QED) is 0.297. The van der Waals surface area contributed by atoms with Crippen LogP contribution in [0.5, 0.6) is 0 Å². The molecule has 1 aliphatic rings. The van der Waals surface area contributed by atoms with Crippen LogP contribution in [0.2, 0.25) is 0 Å². The lowest BCUT2D eigenvalue weighted by molar-refractivity contribution is -0.140. The highest BCUT2D eigenvalue weighted by Crippen LogP contribution is 2.13. The van der Waals surface area contributed by atoms with E-state index in [9.17, 15) is 19.2 Å². The molecular weight excluding hydrogens is 426 g/mol. The van der Waals surface area contributed by atoms with Crippen molar-refractivity contribution in [2.45, 2.75) is 45.3 Å². The van der Waals surface area contributed by atoms with E-state index in [1.807, 2.05) is 0 Å². The molecule has 0 saturated heterocycles. The summed E-state index contributed by atoms with van der Waals surface area (Å²) in [6.45, 7) is 4.42. The van der Waals surface area contributed by atoms with Crippen molar-refractivity contribution in [3.8, 4) is 0 Å². The number of ether oxygens (including phenoxy) is 3. The highest BCUT2D eigenvalue weighted by atomic mass is 16.6. The average molecular weight is 455 g/mol. The van der Waals surface area contributed by atoms with E-state index in [0.717, 1.165) is 0 Å². The van der Waals surface area contributed by atoms with Gasteiger partial charge < -0.3 is 34.7 Å². The number of nitrogens with one attached hydrogen (secondary N) is 3. The zero-order chi connectivity index (χ0) is 23.5. The molecule has 3 N–H and O–H groups in total. The SMILES string of the molecule is COCCOCCOC(=O)NC(C(=O)NC1CCc2onnc2CNC(=O)C1=O)C(C)C. The molecule has 1 aliphatic heterocycles. The first kappa shape index (κ1) is 25.2. The van der Waals surface area contributed by atoms with Crippen molar-refractivity contribution < 1.29 is 37.9 Å². The van der Waals surface area contributed by atoms with Gasteiger partial charge in [0.1, 0.15) is 18.3 Å². The summed E-state index contributed by atoms with van der Waals surface area (Å²) in [5, 5.41) is 14.7. The first-order valence-corrected chi connectivity index (χ1v) is 10.3. The van der Waals surface area contributed by atoms with E-state index in [2.05, 4.69) is 26.3 Å². The molecule has 13 nitrogen and oxygen atoms in total. The molecule has 2 heterocycles. The maximum Gasteiger partial charge on any atom is 0.407 e. The molecule has 3 amide bonds. The number of hydrogen-bond acceptors (Lipinski definition) is 10. The van der Waals surface area contributed by atoms with E-state index in [4.69, 9.17) is 18.7 Å². The number of carbonyl (C=O) groups excluding carboxylic acids is 4. The highest BCUT2D eigenvalue weighted by Gasteiger charge is 2.33. The Morgan fingerprint density at radius 3 is 2.69 bits per heavy atom. The first-order chi connectivity index (χ1) is 15.3. The molecule has 0 aliphatic carbocycles. The Bertz CT molecular complexity index is 796. The van der Waals surface area contributed by atoms with Crippen molar-refractivity contribution in [3.63, 3.8) is 0 Å². The van der Waals surface area contributed by atoms with Gasteiger partial charge in [0.25, 0.3) is 5.91 Å².